The van der Waals surface area contributed by atoms with E-state index >= 15 is 0 Å². The Balaban J connectivity index is 1.98. The quantitative estimate of drug-likeness (QED) is 0.364. The minimum Gasteiger partial charge on any atom is -0.482 e. The largest absolute Gasteiger partial charge is 0.482 e. The van der Waals surface area contributed by atoms with Gasteiger partial charge in [0, 0.05) is 12.1 Å². The Labute approximate surface area is 131 Å². The number of para-hydroxylation sites is 1. The van der Waals surface area contributed by atoms with Crippen LogP contribution in [-0.2, 0) is 4.79 Å². The Kier molecular flexibility index (Phi) is 4.95. The van der Waals surface area contributed by atoms with Gasteiger partial charge in [-0.15, -0.1) is 0 Å². The number of nitrogens with zero attached hydrogens (tertiary/aromatic N) is 1. The summed E-state index contributed by atoms with van der Waals surface area (Å²) in [5.74, 6) is -0.0288. The third-order valence-electron chi connectivity index (χ3n) is 2.79. The van der Waals surface area contributed by atoms with Crippen molar-refractivity contribution in [3.63, 3.8) is 0 Å². The van der Waals surface area contributed by atoms with Crippen LogP contribution >= 0.6 is 11.6 Å². The number of rotatable bonds is 5. The van der Waals surface area contributed by atoms with Gasteiger partial charge in [-0.05, 0) is 24.6 Å². The normalized spacial score (nSPS) is 10.1. The molecule has 0 radical (unpaired) electrons. The van der Waals surface area contributed by atoms with Gasteiger partial charge in [-0.25, -0.2) is 4.79 Å². The average Bonchev–Trinajstić information content (AvgIpc) is 2.48. The molecule has 2 aromatic carbocycles. The SMILES string of the molecule is Cc1ccccc1OCC(=O)Oc1ccc([N+](=O)[O-])cc1Cl. The van der Waals surface area contributed by atoms with E-state index in [9.17, 15) is 14.9 Å². The average molecular weight is 322 g/mol. The van der Waals surface area contributed by atoms with Crippen LogP contribution in [0.2, 0.25) is 5.02 Å². The van der Waals surface area contributed by atoms with Crippen molar-refractivity contribution in [3.8, 4) is 11.5 Å². The van der Waals surface area contributed by atoms with Gasteiger partial charge >= 0.3 is 5.97 Å². The maximum atomic E-state index is 11.7. The van der Waals surface area contributed by atoms with Crippen molar-refractivity contribution in [3.05, 3.63) is 63.2 Å². The fourth-order valence-electron chi connectivity index (χ4n) is 1.69. The summed E-state index contributed by atoms with van der Waals surface area (Å²) in [5, 5.41) is 10.6. The van der Waals surface area contributed by atoms with Crippen LogP contribution in [0.5, 0.6) is 11.5 Å². The Hall–Kier alpha value is -2.60. The van der Waals surface area contributed by atoms with Crippen molar-refractivity contribution >= 4 is 23.3 Å². The zero-order valence-electron chi connectivity index (χ0n) is 11.6. The molecule has 0 saturated carbocycles. The molecule has 0 amide bonds. The maximum Gasteiger partial charge on any atom is 0.349 e. The smallest absolute Gasteiger partial charge is 0.349 e. The highest BCUT2D eigenvalue weighted by molar-refractivity contribution is 6.32. The summed E-state index contributed by atoms with van der Waals surface area (Å²) in [6.07, 6.45) is 0. The summed E-state index contributed by atoms with van der Waals surface area (Å²) < 4.78 is 10.4. The zero-order chi connectivity index (χ0) is 16.1. The summed E-state index contributed by atoms with van der Waals surface area (Å²) in [7, 11) is 0. The Morgan fingerprint density at radius 2 is 1.95 bits per heavy atom. The molecule has 0 heterocycles. The number of ether oxygens (including phenoxy) is 2. The van der Waals surface area contributed by atoms with Gasteiger partial charge in [0.25, 0.3) is 5.69 Å². The minimum absolute atomic E-state index is 0.0153. The number of carbonyl (C=O) groups excluding carboxylic acids is 1. The summed E-state index contributed by atoms with van der Waals surface area (Å²) >= 11 is 5.84. The molecule has 22 heavy (non-hydrogen) atoms. The van der Waals surface area contributed by atoms with Crippen LogP contribution in [0.1, 0.15) is 5.56 Å². The molecular formula is C15H12ClNO5. The van der Waals surface area contributed by atoms with Crippen LogP contribution in [0.15, 0.2) is 42.5 Å². The molecule has 0 unspecified atom stereocenters. The van der Waals surface area contributed by atoms with Crippen LogP contribution in [0.4, 0.5) is 5.69 Å². The molecule has 0 aliphatic rings. The molecule has 0 atom stereocenters. The highest BCUT2D eigenvalue weighted by atomic mass is 35.5. The molecule has 2 aromatic rings. The lowest BCUT2D eigenvalue weighted by Crippen LogP contribution is -2.18. The molecule has 0 aliphatic heterocycles. The van der Waals surface area contributed by atoms with Gasteiger partial charge < -0.3 is 9.47 Å². The van der Waals surface area contributed by atoms with Crippen LogP contribution in [0, 0.1) is 17.0 Å². The second-order valence-corrected chi connectivity index (χ2v) is 4.81. The lowest BCUT2D eigenvalue weighted by Gasteiger charge is -2.09. The molecule has 2 rings (SSSR count). The molecule has 0 N–H and O–H groups in total. The number of aryl methyl sites for hydroxylation is 1. The zero-order valence-corrected chi connectivity index (χ0v) is 12.4. The molecular weight excluding hydrogens is 310 g/mol. The van der Waals surface area contributed by atoms with Gasteiger partial charge in [-0.1, -0.05) is 29.8 Å². The number of nitro benzene ring substituents is 1. The first-order valence-electron chi connectivity index (χ1n) is 6.30. The van der Waals surface area contributed by atoms with Crippen LogP contribution in [0.25, 0.3) is 0 Å². The summed E-state index contributed by atoms with van der Waals surface area (Å²) in [6.45, 7) is 1.56. The van der Waals surface area contributed by atoms with Crippen LogP contribution < -0.4 is 9.47 Å². The van der Waals surface area contributed by atoms with E-state index in [1.807, 2.05) is 19.1 Å². The van der Waals surface area contributed by atoms with Gasteiger partial charge in [0.1, 0.15) is 11.5 Å². The van der Waals surface area contributed by atoms with E-state index in [0.717, 1.165) is 11.6 Å². The number of carbonyl (C=O) groups is 1. The number of esters is 1. The molecule has 0 aliphatic carbocycles. The first-order chi connectivity index (χ1) is 10.5. The Bertz CT molecular complexity index is 717. The van der Waals surface area contributed by atoms with Crippen molar-refractivity contribution < 1.29 is 19.2 Å². The number of halogens is 1. The topological polar surface area (TPSA) is 78.7 Å². The number of nitro groups is 1. The monoisotopic (exact) mass is 321 g/mol. The Morgan fingerprint density at radius 3 is 2.59 bits per heavy atom. The van der Waals surface area contributed by atoms with Crippen molar-refractivity contribution in [1.82, 2.24) is 0 Å². The molecule has 6 nitrogen and oxygen atoms in total. The lowest BCUT2D eigenvalue weighted by atomic mass is 10.2. The predicted octanol–water partition coefficient (Wildman–Crippen LogP) is 3.54. The van der Waals surface area contributed by atoms with Crippen LogP contribution in [-0.4, -0.2) is 17.5 Å². The Morgan fingerprint density at radius 1 is 1.23 bits per heavy atom. The summed E-state index contributed by atoms with van der Waals surface area (Å²) in [6, 6.07) is 10.8. The standard InChI is InChI=1S/C15H12ClNO5/c1-10-4-2-3-5-13(10)21-9-15(18)22-14-7-6-11(17(19)20)8-12(14)16/h2-8H,9H2,1H3. The maximum absolute atomic E-state index is 11.7. The first kappa shape index (κ1) is 15.8. The molecule has 114 valence electrons. The number of hydrogen-bond acceptors (Lipinski definition) is 5. The molecule has 0 saturated heterocycles. The third kappa shape index (κ3) is 3.95. The van der Waals surface area contributed by atoms with E-state index in [4.69, 9.17) is 21.1 Å². The molecule has 7 heteroatoms. The van der Waals surface area contributed by atoms with Gasteiger partial charge in [0.15, 0.2) is 6.61 Å². The highest BCUT2D eigenvalue weighted by Gasteiger charge is 2.14. The highest BCUT2D eigenvalue weighted by Crippen LogP contribution is 2.28. The minimum atomic E-state index is -0.654. The fourth-order valence-corrected chi connectivity index (χ4v) is 1.91. The van der Waals surface area contributed by atoms with E-state index in [1.54, 1.807) is 12.1 Å². The molecule has 0 spiro atoms. The summed E-state index contributed by atoms with van der Waals surface area (Å²) in [5.41, 5.74) is 0.713. The van der Waals surface area contributed by atoms with Crippen LogP contribution in [0.3, 0.4) is 0 Å². The van der Waals surface area contributed by atoms with E-state index in [0.29, 0.717) is 5.75 Å². The second kappa shape index (κ2) is 6.91. The van der Waals surface area contributed by atoms with Crippen molar-refractivity contribution in [2.45, 2.75) is 6.92 Å². The van der Waals surface area contributed by atoms with E-state index in [1.165, 1.54) is 12.1 Å². The van der Waals surface area contributed by atoms with Gasteiger partial charge in [-0.2, -0.15) is 0 Å². The van der Waals surface area contributed by atoms with Gasteiger partial charge in [0.2, 0.25) is 0 Å². The van der Waals surface area contributed by atoms with Crippen molar-refractivity contribution in [2.24, 2.45) is 0 Å². The van der Waals surface area contributed by atoms with E-state index in [2.05, 4.69) is 0 Å². The number of hydrogen-bond donors (Lipinski definition) is 0. The molecule has 0 aromatic heterocycles. The van der Waals surface area contributed by atoms with Crippen molar-refractivity contribution in [2.75, 3.05) is 6.61 Å². The van der Waals surface area contributed by atoms with Crippen molar-refractivity contribution in [1.29, 1.82) is 0 Å². The number of benzene rings is 2. The third-order valence-corrected chi connectivity index (χ3v) is 3.08. The lowest BCUT2D eigenvalue weighted by molar-refractivity contribution is -0.384. The molecule has 0 fully saturated rings. The molecule has 0 bridgehead atoms. The summed E-state index contributed by atoms with van der Waals surface area (Å²) in [4.78, 5) is 21.7. The van der Waals surface area contributed by atoms with E-state index < -0.39 is 10.9 Å². The van der Waals surface area contributed by atoms with Gasteiger partial charge in [0.05, 0.1) is 9.95 Å². The fraction of sp³-hybridized carbons (Fsp3) is 0.133. The van der Waals surface area contributed by atoms with Gasteiger partial charge in [-0.3, -0.25) is 10.1 Å². The first-order valence-corrected chi connectivity index (χ1v) is 6.68. The number of non-ortho nitro benzene ring substituents is 1. The second-order valence-electron chi connectivity index (χ2n) is 4.40. The van der Waals surface area contributed by atoms with E-state index in [-0.39, 0.29) is 23.1 Å². The predicted molar refractivity (Wildman–Crippen MR) is 80.4 cm³/mol.